The molecule has 2 rings (SSSR count). The summed E-state index contributed by atoms with van der Waals surface area (Å²) in [5, 5.41) is 7.95. The molecule has 9 heteroatoms. The van der Waals surface area contributed by atoms with Gasteiger partial charge in [0, 0.05) is 12.6 Å². The second-order valence-corrected chi connectivity index (χ2v) is 5.27. The molecule has 0 bridgehead atoms. The second kappa shape index (κ2) is 4.26. The van der Waals surface area contributed by atoms with Crippen LogP contribution in [0.15, 0.2) is 17.3 Å². The number of rotatable bonds is 3. The molecule has 1 aliphatic rings. The fraction of sp³-hybridized carbons (Fsp3) is 0.375. The highest BCUT2D eigenvalue weighted by Gasteiger charge is 2.30. The number of imide groups is 1. The van der Waals surface area contributed by atoms with E-state index in [9.17, 15) is 18.0 Å². The number of aromatic nitrogens is 2. The second-order valence-electron chi connectivity index (χ2n) is 3.56. The lowest BCUT2D eigenvalue weighted by Gasteiger charge is -2.21. The zero-order valence-corrected chi connectivity index (χ0v) is 9.45. The molecule has 1 fully saturated rings. The number of piperidine rings is 1. The highest BCUT2D eigenvalue weighted by molar-refractivity contribution is 7.89. The van der Waals surface area contributed by atoms with Crippen LogP contribution in [0.3, 0.4) is 0 Å². The van der Waals surface area contributed by atoms with Crippen molar-refractivity contribution in [1.82, 2.24) is 20.2 Å². The highest BCUT2D eigenvalue weighted by Crippen LogP contribution is 2.10. The smallest absolute Gasteiger partial charge is 0.244 e. The van der Waals surface area contributed by atoms with Gasteiger partial charge in [0.25, 0.3) is 0 Å². The molecule has 0 aliphatic carbocycles. The number of sulfonamides is 1. The van der Waals surface area contributed by atoms with Crippen LogP contribution >= 0.6 is 0 Å². The summed E-state index contributed by atoms with van der Waals surface area (Å²) in [5.74, 6) is -1.03. The van der Waals surface area contributed by atoms with E-state index in [-0.39, 0.29) is 17.7 Å². The van der Waals surface area contributed by atoms with Crippen LogP contribution in [0.5, 0.6) is 0 Å². The number of amides is 2. The summed E-state index contributed by atoms with van der Waals surface area (Å²) < 4.78 is 25.7. The Morgan fingerprint density at radius 2 is 2.18 bits per heavy atom. The van der Waals surface area contributed by atoms with Crippen LogP contribution in [0.25, 0.3) is 0 Å². The van der Waals surface area contributed by atoms with Gasteiger partial charge in [0.05, 0.1) is 6.20 Å². The van der Waals surface area contributed by atoms with Crippen molar-refractivity contribution >= 4 is 21.8 Å². The first-order valence-corrected chi connectivity index (χ1v) is 6.32. The van der Waals surface area contributed by atoms with Gasteiger partial charge >= 0.3 is 0 Å². The Morgan fingerprint density at radius 1 is 1.41 bits per heavy atom. The molecule has 0 aromatic carbocycles. The quantitative estimate of drug-likeness (QED) is 0.569. The molecule has 3 N–H and O–H groups in total. The number of nitrogens with one attached hydrogen (secondary N) is 3. The van der Waals surface area contributed by atoms with Crippen molar-refractivity contribution in [2.45, 2.75) is 23.8 Å². The average molecular weight is 258 g/mol. The van der Waals surface area contributed by atoms with Crippen LogP contribution in [0.2, 0.25) is 0 Å². The third-order valence-corrected chi connectivity index (χ3v) is 3.76. The van der Waals surface area contributed by atoms with Crippen molar-refractivity contribution in [2.75, 3.05) is 0 Å². The lowest BCUT2D eigenvalue weighted by molar-refractivity contribution is -0.134. The van der Waals surface area contributed by atoms with Crippen molar-refractivity contribution in [3.63, 3.8) is 0 Å². The summed E-state index contributed by atoms with van der Waals surface area (Å²) in [6.07, 6.45) is 2.61. The molecule has 17 heavy (non-hydrogen) atoms. The molecule has 2 amide bonds. The maximum atomic E-state index is 11.8. The van der Waals surface area contributed by atoms with Gasteiger partial charge in [0.2, 0.25) is 21.8 Å². The number of carbonyl (C=O) groups is 2. The van der Waals surface area contributed by atoms with E-state index in [1.54, 1.807) is 0 Å². The van der Waals surface area contributed by atoms with Gasteiger partial charge in [-0.2, -0.15) is 9.82 Å². The van der Waals surface area contributed by atoms with Crippen molar-refractivity contribution in [3.05, 3.63) is 12.4 Å². The van der Waals surface area contributed by atoms with Crippen LogP contribution in [-0.4, -0.2) is 36.5 Å². The molecule has 1 atom stereocenters. The third kappa shape index (κ3) is 2.50. The summed E-state index contributed by atoms with van der Waals surface area (Å²) in [4.78, 5) is 22.2. The Hall–Kier alpha value is -1.74. The Balaban J connectivity index is 2.12. The third-order valence-electron chi connectivity index (χ3n) is 2.32. The van der Waals surface area contributed by atoms with E-state index in [4.69, 9.17) is 0 Å². The van der Waals surface area contributed by atoms with Gasteiger partial charge in [-0.15, -0.1) is 0 Å². The van der Waals surface area contributed by atoms with Gasteiger partial charge in [-0.05, 0) is 6.42 Å². The molecule has 1 saturated heterocycles. The Morgan fingerprint density at radius 3 is 2.76 bits per heavy atom. The van der Waals surface area contributed by atoms with Crippen molar-refractivity contribution in [2.24, 2.45) is 0 Å². The van der Waals surface area contributed by atoms with Gasteiger partial charge in [0.15, 0.2) is 0 Å². The van der Waals surface area contributed by atoms with Gasteiger partial charge < -0.3 is 0 Å². The number of carbonyl (C=O) groups excluding carboxylic acids is 2. The van der Waals surface area contributed by atoms with Crippen LogP contribution < -0.4 is 10.0 Å². The SMILES string of the molecule is O=C1CCC(NS(=O)(=O)c2cn[nH]c2)C(=O)N1. The van der Waals surface area contributed by atoms with Gasteiger partial charge in [-0.1, -0.05) is 0 Å². The number of aromatic amines is 1. The monoisotopic (exact) mass is 258 g/mol. The Kier molecular flexibility index (Phi) is 2.94. The molecule has 0 radical (unpaired) electrons. The topological polar surface area (TPSA) is 121 Å². The van der Waals surface area contributed by atoms with E-state index in [0.29, 0.717) is 0 Å². The van der Waals surface area contributed by atoms with Crippen LogP contribution in [0.4, 0.5) is 0 Å². The predicted molar refractivity (Wildman–Crippen MR) is 55.1 cm³/mol. The van der Waals surface area contributed by atoms with E-state index in [2.05, 4.69) is 20.2 Å². The Bertz CT molecular complexity index is 536. The van der Waals surface area contributed by atoms with Crippen LogP contribution in [0.1, 0.15) is 12.8 Å². The standard InChI is InChI=1S/C8H10N4O4S/c13-7-2-1-6(8(14)11-7)12-17(15,16)5-3-9-10-4-5/h3-4,6,12H,1-2H2,(H,9,10)(H,11,13,14). The minimum absolute atomic E-state index is 0.0535. The van der Waals surface area contributed by atoms with E-state index in [1.807, 2.05) is 0 Å². The Labute approximate surface area is 96.8 Å². The fourth-order valence-corrected chi connectivity index (χ4v) is 2.58. The lowest BCUT2D eigenvalue weighted by atomic mass is 10.1. The fourth-order valence-electron chi connectivity index (χ4n) is 1.45. The number of hydrogen-bond donors (Lipinski definition) is 3. The molecule has 92 valence electrons. The largest absolute Gasteiger partial charge is 0.295 e. The molecule has 1 aliphatic heterocycles. The summed E-state index contributed by atoms with van der Waals surface area (Å²) >= 11 is 0. The van der Waals surface area contributed by atoms with E-state index in [1.165, 1.54) is 6.20 Å². The zero-order valence-electron chi connectivity index (χ0n) is 8.63. The lowest BCUT2D eigenvalue weighted by Crippen LogP contribution is -2.52. The average Bonchev–Trinajstić information content (AvgIpc) is 2.76. The molecular formula is C8H10N4O4S. The summed E-state index contributed by atoms with van der Waals surface area (Å²) in [5.41, 5.74) is 0. The minimum atomic E-state index is -3.78. The maximum absolute atomic E-state index is 11.8. The molecule has 1 aromatic heterocycles. The first-order valence-electron chi connectivity index (χ1n) is 4.84. The van der Waals surface area contributed by atoms with E-state index in [0.717, 1.165) is 6.20 Å². The van der Waals surface area contributed by atoms with Crippen molar-refractivity contribution in [1.29, 1.82) is 0 Å². The molecule has 0 saturated carbocycles. The zero-order chi connectivity index (χ0) is 12.5. The number of hydrogen-bond acceptors (Lipinski definition) is 5. The highest BCUT2D eigenvalue weighted by atomic mass is 32.2. The van der Waals surface area contributed by atoms with Crippen molar-refractivity contribution in [3.8, 4) is 0 Å². The van der Waals surface area contributed by atoms with Crippen molar-refractivity contribution < 1.29 is 18.0 Å². The minimum Gasteiger partial charge on any atom is -0.295 e. The number of H-pyrrole nitrogens is 1. The first-order chi connectivity index (χ1) is 7.99. The number of nitrogens with zero attached hydrogens (tertiary/aromatic N) is 1. The first kappa shape index (κ1) is 11.7. The van der Waals surface area contributed by atoms with Gasteiger partial charge in [-0.25, -0.2) is 8.42 Å². The molecular weight excluding hydrogens is 248 g/mol. The van der Waals surface area contributed by atoms with Gasteiger partial charge in [0.1, 0.15) is 10.9 Å². The molecule has 1 aromatic rings. The molecule has 8 nitrogen and oxygen atoms in total. The molecule has 0 spiro atoms. The van der Waals surface area contributed by atoms with Crippen LogP contribution in [0, 0.1) is 0 Å². The van der Waals surface area contributed by atoms with E-state index >= 15 is 0 Å². The summed E-state index contributed by atoms with van der Waals surface area (Å²) in [6.45, 7) is 0. The van der Waals surface area contributed by atoms with Crippen LogP contribution in [-0.2, 0) is 19.6 Å². The summed E-state index contributed by atoms with van der Waals surface area (Å²) in [7, 11) is -3.78. The molecule has 1 unspecified atom stereocenters. The summed E-state index contributed by atoms with van der Waals surface area (Å²) in [6, 6.07) is -0.924. The maximum Gasteiger partial charge on any atom is 0.244 e. The van der Waals surface area contributed by atoms with Gasteiger partial charge in [-0.3, -0.25) is 20.0 Å². The molecule has 2 heterocycles. The normalized spacial score (nSPS) is 21.3. The predicted octanol–water partition coefficient (Wildman–Crippen LogP) is -1.51. The van der Waals surface area contributed by atoms with E-state index < -0.39 is 27.9 Å².